The molecule has 1 heterocycles. The topological polar surface area (TPSA) is 83.5 Å². The average Bonchev–Trinajstić information content (AvgIpc) is 3.22. The van der Waals surface area contributed by atoms with Gasteiger partial charge in [-0.25, -0.2) is 21.6 Å². The summed E-state index contributed by atoms with van der Waals surface area (Å²) in [5.74, 6) is 0. The Labute approximate surface area is 167 Å². The molecule has 0 bridgehead atoms. The molecule has 2 aromatic rings. The van der Waals surface area contributed by atoms with Crippen molar-refractivity contribution in [3.8, 4) is 0 Å². The number of halogens is 3. The van der Waals surface area contributed by atoms with Crippen LogP contribution in [0.15, 0.2) is 58.3 Å². The second-order valence-corrected chi connectivity index (χ2v) is 10.3. The Kier molecular flexibility index (Phi) is 6.04. The van der Waals surface area contributed by atoms with Gasteiger partial charge in [0.1, 0.15) is 0 Å². The lowest BCUT2D eigenvalue weighted by molar-refractivity contribution is -0.137. The minimum Gasteiger partial charge on any atom is -0.207 e. The van der Waals surface area contributed by atoms with Crippen molar-refractivity contribution in [1.29, 1.82) is 0 Å². The molecule has 0 radical (unpaired) electrons. The van der Waals surface area contributed by atoms with Gasteiger partial charge in [-0.3, -0.25) is 0 Å². The lowest BCUT2D eigenvalue weighted by atomic mass is 10.1. The van der Waals surface area contributed by atoms with E-state index in [0.717, 1.165) is 25.0 Å². The Bertz CT molecular complexity index is 1060. The maximum atomic E-state index is 12.6. The number of alkyl halides is 3. The van der Waals surface area contributed by atoms with E-state index >= 15 is 0 Å². The lowest BCUT2D eigenvalue weighted by Crippen LogP contribution is -2.28. The molecule has 2 aromatic carbocycles. The van der Waals surface area contributed by atoms with E-state index in [2.05, 4.69) is 4.72 Å². The highest BCUT2D eigenvalue weighted by atomic mass is 32.2. The number of nitrogens with one attached hydrogen (secondary N) is 1. The summed E-state index contributed by atoms with van der Waals surface area (Å²) in [6, 6.07) is 8.99. The van der Waals surface area contributed by atoms with Gasteiger partial charge >= 0.3 is 6.18 Å². The molecule has 1 N–H and O–H groups in total. The smallest absolute Gasteiger partial charge is 0.207 e. The molecule has 0 saturated carbocycles. The number of sulfonamides is 2. The largest absolute Gasteiger partial charge is 0.416 e. The molecule has 1 saturated heterocycles. The molecule has 6 nitrogen and oxygen atoms in total. The SMILES string of the molecule is O=S(=O)(NCc1ccc(C(F)(F)F)cc1)c1ccc(S(=O)(=O)N2CCCC2)cc1. The highest BCUT2D eigenvalue weighted by molar-refractivity contribution is 7.89. The molecule has 0 amide bonds. The summed E-state index contributed by atoms with van der Waals surface area (Å²) >= 11 is 0. The zero-order valence-electron chi connectivity index (χ0n) is 15.2. The Morgan fingerprint density at radius 1 is 0.828 bits per heavy atom. The summed E-state index contributed by atoms with van der Waals surface area (Å²) in [4.78, 5) is -0.120. The van der Waals surface area contributed by atoms with Gasteiger partial charge < -0.3 is 0 Å². The first-order chi connectivity index (χ1) is 13.5. The van der Waals surface area contributed by atoms with E-state index in [1.165, 1.54) is 40.7 Å². The molecule has 1 fully saturated rings. The Morgan fingerprint density at radius 2 is 1.34 bits per heavy atom. The molecule has 0 spiro atoms. The van der Waals surface area contributed by atoms with Gasteiger partial charge in [0.2, 0.25) is 20.0 Å². The van der Waals surface area contributed by atoms with Gasteiger partial charge in [-0.1, -0.05) is 12.1 Å². The normalized spacial score (nSPS) is 16.2. The van der Waals surface area contributed by atoms with Gasteiger partial charge in [-0.15, -0.1) is 0 Å². The quantitative estimate of drug-likeness (QED) is 0.737. The van der Waals surface area contributed by atoms with Crippen LogP contribution in [-0.4, -0.2) is 34.2 Å². The molecule has 0 atom stereocenters. The van der Waals surface area contributed by atoms with E-state index in [-0.39, 0.29) is 16.3 Å². The maximum Gasteiger partial charge on any atom is 0.416 e. The van der Waals surface area contributed by atoms with Crippen LogP contribution in [0.2, 0.25) is 0 Å². The summed E-state index contributed by atoms with van der Waals surface area (Å²) in [5, 5.41) is 0. The second-order valence-electron chi connectivity index (χ2n) is 6.60. The first kappa shape index (κ1) is 21.8. The van der Waals surface area contributed by atoms with Gasteiger partial charge in [-0.2, -0.15) is 17.5 Å². The van der Waals surface area contributed by atoms with E-state index in [9.17, 15) is 30.0 Å². The predicted molar refractivity (Wildman–Crippen MR) is 99.9 cm³/mol. The zero-order chi connectivity index (χ0) is 21.3. The number of nitrogens with zero attached hydrogens (tertiary/aromatic N) is 1. The summed E-state index contributed by atoms with van der Waals surface area (Å²) in [5.41, 5.74) is -0.464. The number of rotatable bonds is 6. The Hall–Kier alpha value is -1.95. The van der Waals surface area contributed by atoms with Crippen LogP contribution in [0.25, 0.3) is 0 Å². The van der Waals surface area contributed by atoms with Crippen molar-refractivity contribution in [1.82, 2.24) is 9.03 Å². The first-order valence-electron chi connectivity index (χ1n) is 8.76. The maximum absolute atomic E-state index is 12.6. The Balaban J connectivity index is 1.69. The van der Waals surface area contributed by atoms with Gasteiger partial charge in [0.25, 0.3) is 0 Å². The summed E-state index contributed by atoms with van der Waals surface area (Å²) in [6.07, 6.45) is -2.88. The van der Waals surface area contributed by atoms with Crippen molar-refractivity contribution >= 4 is 20.0 Å². The second kappa shape index (κ2) is 8.05. The van der Waals surface area contributed by atoms with E-state index in [0.29, 0.717) is 18.7 Å². The van der Waals surface area contributed by atoms with Gasteiger partial charge in [0.05, 0.1) is 15.4 Å². The molecule has 158 valence electrons. The van der Waals surface area contributed by atoms with E-state index < -0.39 is 31.8 Å². The van der Waals surface area contributed by atoms with Crippen molar-refractivity contribution < 1.29 is 30.0 Å². The highest BCUT2D eigenvalue weighted by Gasteiger charge is 2.30. The molecule has 1 aliphatic heterocycles. The van der Waals surface area contributed by atoms with Crippen LogP contribution in [0.1, 0.15) is 24.0 Å². The van der Waals surface area contributed by atoms with Crippen molar-refractivity contribution in [3.63, 3.8) is 0 Å². The monoisotopic (exact) mass is 448 g/mol. The molecule has 3 rings (SSSR count). The van der Waals surface area contributed by atoms with Crippen LogP contribution in [0.5, 0.6) is 0 Å². The average molecular weight is 448 g/mol. The summed E-state index contributed by atoms with van der Waals surface area (Å²) in [7, 11) is -7.61. The standard InChI is InChI=1S/C18H19F3N2O4S2/c19-18(20,21)15-5-3-14(4-6-15)13-22-28(24,25)16-7-9-17(10-8-16)29(26,27)23-11-1-2-12-23/h3-10,22H,1-2,11-13H2. The fourth-order valence-corrected chi connectivity index (χ4v) is 5.48. The zero-order valence-corrected chi connectivity index (χ0v) is 16.8. The van der Waals surface area contributed by atoms with Crippen molar-refractivity contribution in [2.45, 2.75) is 35.4 Å². The van der Waals surface area contributed by atoms with Crippen LogP contribution in [0, 0.1) is 0 Å². The fourth-order valence-electron chi connectivity index (χ4n) is 2.94. The van der Waals surface area contributed by atoms with Gasteiger partial charge in [0, 0.05) is 19.6 Å². The molecule has 0 aromatic heterocycles. The fraction of sp³-hybridized carbons (Fsp3) is 0.333. The predicted octanol–water partition coefficient (Wildman–Crippen LogP) is 2.97. The molecule has 0 unspecified atom stereocenters. The Morgan fingerprint density at radius 3 is 1.86 bits per heavy atom. The third-order valence-electron chi connectivity index (χ3n) is 4.58. The minimum absolute atomic E-state index is 0.0149. The first-order valence-corrected chi connectivity index (χ1v) is 11.7. The summed E-state index contributed by atoms with van der Waals surface area (Å²) < 4.78 is 91.1. The molecule has 29 heavy (non-hydrogen) atoms. The molecule has 1 aliphatic rings. The molecule has 11 heteroatoms. The van der Waals surface area contributed by atoms with Gasteiger partial charge in [-0.05, 0) is 54.8 Å². The number of benzene rings is 2. The van der Waals surface area contributed by atoms with Crippen LogP contribution in [0.3, 0.4) is 0 Å². The van der Waals surface area contributed by atoms with E-state index in [1.54, 1.807) is 0 Å². The van der Waals surface area contributed by atoms with Crippen molar-refractivity contribution in [2.75, 3.05) is 13.1 Å². The number of hydrogen-bond acceptors (Lipinski definition) is 4. The van der Waals surface area contributed by atoms with Crippen LogP contribution >= 0.6 is 0 Å². The van der Waals surface area contributed by atoms with Crippen molar-refractivity contribution in [2.24, 2.45) is 0 Å². The molecule has 0 aliphatic carbocycles. The summed E-state index contributed by atoms with van der Waals surface area (Å²) in [6.45, 7) is 0.683. The lowest BCUT2D eigenvalue weighted by Gasteiger charge is -2.15. The third-order valence-corrected chi connectivity index (χ3v) is 7.91. The van der Waals surface area contributed by atoms with Crippen molar-refractivity contribution in [3.05, 3.63) is 59.7 Å². The van der Waals surface area contributed by atoms with Crippen LogP contribution < -0.4 is 4.72 Å². The van der Waals surface area contributed by atoms with E-state index in [1.807, 2.05) is 0 Å². The highest BCUT2D eigenvalue weighted by Crippen LogP contribution is 2.29. The molecular formula is C18H19F3N2O4S2. The third kappa shape index (κ3) is 4.97. The van der Waals surface area contributed by atoms with Crippen LogP contribution in [-0.2, 0) is 32.8 Å². The van der Waals surface area contributed by atoms with Crippen LogP contribution in [0.4, 0.5) is 13.2 Å². The van der Waals surface area contributed by atoms with E-state index in [4.69, 9.17) is 0 Å². The molecular weight excluding hydrogens is 429 g/mol. The minimum atomic E-state index is -4.46. The van der Waals surface area contributed by atoms with Gasteiger partial charge in [0.15, 0.2) is 0 Å². The number of hydrogen-bond donors (Lipinski definition) is 1.